The van der Waals surface area contributed by atoms with Crippen molar-refractivity contribution < 1.29 is 4.79 Å². The number of amides is 1. The summed E-state index contributed by atoms with van der Waals surface area (Å²) in [6, 6.07) is 7.71. The molecule has 7 heteroatoms. The molecule has 0 unspecified atom stereocenters. The Bertz CT molecular complexity index is 842. The van der Waals surface area contributed by atoms with E-state index in [1.54, 1.807) is 0 Å². The molecule has 0 bridgehead atoms. The third kappa shape index (κ3) is 3.34. The Labute approximate surface area is 148 Å². The Morgan fingerprint density at radius 3 is 2.78 bits per heavy atom. The average molecular weight is 364 g/mol. The zero-order valence-electron chi connectivity index (χ0n) is 12.6. The summed E-state index contributed by atoms with van der Waals surface area (Å²) >= 11 is 12.5. The Morgan fingerprint density at radius 1 is 1.39 bits per heavy atom. The molecule has 1 N–H and O–H groups in total. The molecule has 1 fully saturated rings. The molecule has 3 rings (SSSR count). The number of carbonyl (C=O) groups is 1. The molecule has 1 saturated heterocycles. The summed E-state index contributed by atoms with van der Waals surface area (Å²) in [6.45, 7) is 4.50. The molecule has 118 valence electrons. The summed E-state index contributed by atoms with van der Waals surface area (Å²) in [5.41, 5.74) is 3.81. The minimum atomic E-state index is -0.155. The number of nitrogens with zero attached hydrogens (tertiary/aromatic N) is 2. The molecular formula is C16H14ClN3OS2. The van der Waals surface area contributed by atoms with Gasteiger partial charge in [-0.25, -0.2) is 0 Å². The van der Waals surface area contributed by atoms with Crippen LogP contribution in [-0.4, -0.2) is 20.0 Å². The van der Waals surface area contributed by atoms with Gasteiger partial charge in [-0.2, -0.15) is 5.10 Å². The van der Waals surface area contributed by atoms with Gasteiger partial charge in [-0.3, -0.25) is 9.48 Å². The van der Waals surface area contributed by atoms with E-state index in [-0.39, 0.29) is 5.91 Å². The van der Waals surface area contributed by atoms with Gasteiger partial charge in [0.2, 0.25) is 0 Å². The first-order valence-electron chi connectivity index (χ1n) is 6.98. The van der Waals surface area contributed by atoms with Crippen LogP contribution in [0, 0.1) is 13.8 Å². The Morgan fingerprint density at radius 2 is 2.13 bits per heavy atom. The van der Waals surface area contributed by atoms with Gasteiger partial charge in [-0.05, 0) is 31.6 Å². The molecule has 2 heterocycles. The molecule has 2 aromatic rings. The molecule has 1 aliphatic heterocycles. The van der Waals surface area contributed by atoms with E-state index in [0.29, 0.717) is 15.8 Å². The number of aromatic nitrogens is 2. The highest BCUT2D eigenvalue weighted by Crippen LogP contribution is 2.28. The Balaban J connectivity index is 1.94. The number of hydrogen-bond donors (Lipinski definition) is 1. The van der Waals surface area contributed by atoms with Crippen LogP contribution >= 0.6 is 35.6 Å². The fourth-order valence-electron chi connectivity index (χ4n) is 2.41. The van der Waals surface area contributed by atoms with Crippen molar-refractivity contribution in [3.8, 4) is 0 Å². The SMILES string of the molecule is Cc1nn(Cc2ccccc2Cl)c(C)c1/C=C1\SC(=S)NC1=O. The molecule has 0 radical (unpaired) electrons. The first-order valence-corrected chi connectivity index (χ1v) is 8.58. The molecule has 1 aliphatic rings. The fourth-order valence-corrected chi connectivity index (χ4v) is 3.64. The normalized spacial score (nSPS) is 16.2. The van der Waals surface area contributed by atoms with E-state index in [9.17, 15) is 4.79 Å². The second kappa shape index (κ2) is 6.47. The van der Waals surface area contributed by atoms with Crippen LogP contribution < -0.4 is 5.32 Å². The molecular weight excluding hydrogens is 350 g/mol. The minimum Gasteiger partial charge on any atom is -0.307 e. The van der Waals surface area contributed by atoms with Crippen LogP contribution in [0.25, 0.3) is 6.08 Å². The van der Waals surface area contributed by atoms with Crippen molar-refractivity contribution in [2.75, 3.05) is 0 Å². The minimum absolute atomic E-state index is 0.155. The van der Waals surface area contributed by atoms with E-state index in [1.165, 1.54) is 11.8 Å². The maximum absolute atomic E-state index is 11.8. The van der Waals surface area contributed by atoms with Gasteiger partial charge in [-0.15, -0.1) is 0 Å². The smallest absolute Gasteiger partial charge is 0.263 e. The Kier molecular flexibility index (Phi) is 4.57. The number of thioether (sulfide) groups is 1. The van der Waals surface area contributed by atoms with E-state index < -0.39 is 0 Å². The summed E-state index contributed by atoms with van der Waals surface area (Å²) in [5.74, 6) is -0.155. The number of thiocarbonyl (C=S) groups is 1. The number of carbonyl (C=O) groups excluding carboxylic acids is 1. The van der Waals surface area contributed by atoms with Crippen LogP contribution in [0.2, 0.25) is 5.02 Å². The van der Waals surface area contributed by atoms with Gasteiger partial charge in [0, 0.05) is 16.3 Å². The van der Waals surface area contributed by atoms with Gasteiger partial charge < -0.3 is 5.32 Å². The number of benzene rings is 1. The van der Waals surface area contributed by atoms with Crippen molar-refractivity contribution in [3.63, 3.8) is 0 Å². The molecule has 0 aliphatic carbocycles. The summed E-state index contributed by atoms with van der Waals surface area (Å²) in [6.07, 6.45) is 1.85. The lowest BCUT2D eigenvalue weighted by atomic mass is 10.1. The van der Waals surface area contributed by atoms with Crippen LogP contribution in [0.3, 0.4) is 0 Å². The predicted molar refractivity (Wildman–Crippen MR) is 98.6 cm³/mol. The third-order valence-corrected chi connectivity index (χ3v) is 5.16. The lowest BCUT2D eigenvalue weighted by molar-refractivity contribution is -0.115. The number of halogens is 1. The molecule has 1 amide bonds. The largest absolute Gasteiger partial charge is 0.307 e. The average Bonchev–Trinajstić information content (AvgIpc) is 2.95. The molecule has 23 heavy (non-hydrogen) atoms. The highest BCUT2D eigenvalue weighted by Gasteiger charge is 2.23. The standard InChI is InChI=1S/C16H14ClN3OS2/c1-9-12(7-14-15(21)18-16(22)23-14)10(2)20(19-9)8-11-5-3-4-6-13(11)17/h3-7H,8H2,1-2H3,(H,18,21,22)/b14-7-. The molecule has 1 aromatic carbocycles. The van der Waals surface area contributed by atoms with E-state index in [2.05, 4.69) is 10.4 Å². The van der Waals surface area contributed by atoms with Gasteiger partial charge in [0.25, 0.3) is 5.91 Å². The lowest BCUT2D eigenvalue weighted by Crippen LogP contribution is -2.17. The maximum atomic E-state index is 11.8. The van der Waals surface area contributed by atoms with Crippen LogP contribution in [0.1, 0.15) is 22.5 Å². The first kappa shape index (κ1) is 16.2. The van der Waals surface area contributed by atoms with E-state index >= 15 is 0 Å². The summed E-state index contributed by atoms with van der Waals surface area (Å²) in [7, 11) is 0. The topological polar surface area (TPSA) is 46.9 Å². The molecule has 0 atom stereocenters. The highest BCUT2D eigenvalue weighted by molar-refractivity contribution is 8.26. The van der Waals surface area contributed by atoms with Crippen molar-refractivity contribution in [1.82, 2.24) is 15.1 Å². The van der Waals surface area contributed by atoms with Crippen molar-refractivity contribution >= 4 is 51.9 Å². The first-order chi connectivity index (χ1) is 11.0. The van der Waals surface area contributed by atoms with Gasteiger partial charge >= 0.3 is 0 Å². The van der Waals surface area contributed by atoms with Crippen molar-refractivity contribution in [2.24, 2.45) is 0 Å². The second-order valence-corrected chi connectivity index (χ2v) is 7.31. The van der Waals surface area contributed by atoms with E-state index in [4.69, 9.17) is 23.8 Å². The van der Waals surface area contributed by atoms with Crippen molar-refractivity contribution in [2.45, 2.75) is 20.4 Å². The van der Waals surface area contributed by atoms with E-state index in [0.717, 1.165) is 27.5 Å². The third-order valence-electron chi connectivity index (χ3n) is 3.63. The van der Waals surface area contributed by atoms with Crippen molar-refractivity contribution in [1.29, 1.82) is 0 Å². The molecule has 1 aromatic heterocycles. The van der Waals surface area contributed by atoms with Crippen LogP contribution in [0.4, 0.5) is 0 Å². The quantitative estimate of drug-likeness (QED) is 0.667. The molecule has 0 saturated carbocycles. The summed E-state index contributed by atoms with van der Waals surface area (Å²) in [4.78, 5) is 12.4. The van der Waals surface area contributed by atoms with E-state index in [1.807, 2.05) is 48.9 Å². The second-order valence-electron chi connectivity index (χ2n) is 5.19. The fraction of sp³-hybridized carbons (Fsp3) is 0.188. The van der Waals surface area contributed by atoms with Gasteiger partial charge in [-0.1, -0.05) is 53.8 Å². The van der Waals surface area contributed by atoms with Crippen LogP contribution in [0.15, 0.2) is 29.2 Å². The summed E-state index contributed by atoms with van der Waals surface area (Å²) < 4.78 is 2.39. The zero-order valence-corrected chi connectivity index (χ0v) is 15.0. The number of nitrogens with one attached hydrogen (secondary N) is 1. The lowest BCUT2D eigenvalue weighted by Gasteiger charge is -2.06. The van der Waals surface area contributed by atoms with Crippen LogP contribution in [-0.2, 0) is 11.3 Å². The van der Waals surface area contributed by atoms with Crippen molar-refractivity contribution in [3.05, 3.63) is 56.7 Å². The maximum Gasteiger partial charge on any atom is 0.263 e. The molecule has 0 spiro atoms. The monoisotopic (exact) mass is 363 g/mol. The summed E-state index contributed by atoms with van der Waals surface area (Å²) in [5, 5.41) is 7.91. The Hall–Kier alpha value is -1.63. The highest BCUT2D eigenvalue weighted by atomic mass is 35.5. The number of rotatable bonds is 3. The number of aryl methyl sites for hydroxylation is 1. The van der Waals surface area contributed by atoms with Gasteiger partial charge in [0.15, 0.2) is 0 Å². The van der Waals surface area contributed by atoms with Gasteiger partial charge in [0.05, 0.1) is 17.1 Å². The molecule has 4 nitrogen and oxygen atoms in total. The predicted octanol–water partition coefficient (Wildman–Crippen LogP) is 3.69. The zero-order chi connectivity index (χ0) is 16.6. The van der Waals surface area contributed by atoms with Crippen LogP contribution in [0.5, 0.6) is 0 Å². The van der Waals surface area contributed by atoms with Gasteiger partial charge in [0.1, 0.15) is 4.32 Å². The number of hydrogen-bond acceptors (Lipinski definition) is 4.